The van der Waals surface area contributed by atoms with Crippen LogP contribution in [0.3, 0.4) is 0 Å². The Hall–Kier alpha value is -0.870. The van der Waals surface area contributed by atoms with E-state index in [0.29, 0.717) is 0 Å². The quantitative estimate of drug-likeness (QED) is 0.794. The second-order valence-electron chi connectivity index (χ2n) is 2.94. The topological polar surface area (TPSA) is 25.2 Å². The summed E-state index contributed by atoms with van der Waals surface area (Å²) in [6, 6.07) is 5.77. The zero-order valence-corrected chi connectivity index (χ0v) is 9.91. The first-order valence-electron chi connectivity index (χ1n) is 4.12. The molecule has 0 aliphatic heterocycles. The molecule has 0 aliphatic rings. The van der Waals surface area contributed by atoms with Gasteiger partial charge in [0.1, 0.15) is 5.58 Å². The van der Waals surface area contributed by atoms with Crippen molar-refractivity contribution in [3.8, 4) is 0 Å². The predicted octanol–water partition coefficient (Wildman–Crippen LogP) is 3.95. The zero-order chi connectivity index (χ0) is 10.1. The molecule has 14 heavy (non-hydrogen) atoms. The van der Waals surface area contributed by atoms with Gasteiger partial charge in [0.25, 0.3) is 0 Å². The molecule has 4 heteroatoms. The molecule has 2 aromatic rings. The third-order valence-electron chi connectivity index (χ3n) is 1.89. The minimum Gasteiger partial charge on any atom is -0.464 e. The van der Waals surface area contributed by atoms with Crippen LogP contribution < -0.4 is 5.32 Å². The van der Waals surface area contributed by atoms with Crippen LogP contribution in [0.5, 0.6) is 0 Å². The van der Waals surface area contributed by atoms with Gasteiger partial charge in [0.05, 0.1) is 16.9 Å². The van der Waals surface area contributed by atoms with Crippen molar-refractivity contribution in [1.29, 1.82) is 0 Å². The van der Waals surface area contributed by atoms with Crippen molar-refractivity contribution in [3.05, 3.63) is 28.9 Å². The Balaban J connectivity index is 2.64. The zero-order valence-electron chi connectivity index (χ0n) is 7.50. The monoisotopic (exact) mass is 269 g/mol. The number of thiocarbonyl (C=S) groups is 1. The molecule has 0 unspecified atom stereocenters. The molecule has 0 radical (unpaired) electrons. The van der Waals surface area contributed by atoms with E-state index < -0.39 is 0 Å². The number of furan rings is 1. The Kier molecular flexibility index (Phi) is 2.56. The van der Waals surface area contributed by atoms with Crippen molar-refractivity contribution in [3.63, 3.8) is 0 Å². The third-order valence-corrected chi connectivity index (χ3v) is 2.65. The number of anilines is 1. The molecule has 0 saturated heterocycles. The number of fused-ring (bicyclic) bond motifs is 1. The fraction of sp³-hybridized carbons (Fsp3) is 0.100. The number of rotatable bonds is 1. The maximum Gasteiger partial charge on any atom is 0.136 e. The molecule has 0 fully saturated rings. The highest BCUT2D eigenvalue weighted by molar-refractivity contribution is 9.10. The van der Waals surface area contributed by atoms with E-state index in [1.54, 1.807) is 6.26 Å². The van der Waals surface area contributed by atoms with Crippen LogP contribution in [0.25, 0.3) is 11.0 Å². The van der Waals surface area contributed by atoms with Gasteiger partial charge in [-0.15, -0.1) is 0 Å². The first-order chi connectivity index (χ1) is 6.68. The van der Waals surface area contributed by atoms with Gasteiger partial charge >= 0.3 is 0 Å². The maximum absolute atomic E-state index is 5.29. The molecular weight excluding hydrogens is 262 g/mol. The van der Waals surface area contributed by atoms with Gasteiger partial charge in [-0.05, 0) is 41.1 Å². The van der Waals surface area contributed by atoms with Gasteiger partial charge in [0.2, 0.25) is 0 Å². The fourth-order valence-corrected chi connectivity index (χ4v) is 1.87. The van der Waals surface area contributed by atoms with Crippen LogP contribution in [0.4, 0.5) is 5.69 Å². The van der Waals surface area contributed by atoms with Crippen LogP contribution >= 0.6 is 28.1 Å². The molecule has 0 atom stereocenters. The van der Waals surface area contributed by atoms with E-state index in [0.717, 1.165) is 26.1 Å². The van der Waals surface area contributed by atoms with Crippen LogP contribution in [0.15, 0.2) is 33.4 Å². The Morgan fingerprint density at radius 1 is 1.43 bits per heavy atom. The van der Waals surface area contributed by atoms with E-state index in [-0.39, 0.29) is 0 Å². The summed E-state index contributed by atoms with van der Waals surface area (Å²) in [6.07, 6.45) is 1.67. The second-order valence-corrected chi connectivity index (χ2v) is 4.40. The van der Waals surface area contributed by atoms with Crippen molar-refractivity contribution in [2.75, 3.05) is 5.32 Å². The molecule has 1 N–H and O–H groups in total. The van der Waals surface area contributed by atoms with E-state index >= 15 is 0 Å². The molecule has 0 saturated carbocycles. The lowest BCUT2D eigenvalue weighted by Gasteiger charge is -2.07. The number of benzene rings is 1. The molecular formula is C10H8BrNOS. The summed E-state index contributed by atoms with van der Waals surface area (Å²) in [5, 5.41) is 4.16. The number of hydrogen-bond donors (Lipinski definition) is 1. The molecule has 2 nitrogen and oxygen atoms in total. The largest absolute Gasteiger partial charge is 0.464 e. The van der Waals surface area contributed by atoms with Crippen LogP contribution in [0.2, 0.25) is 0 Å². The van der Waals surface area contributed by atoms with E-state index in [4.69, 9.17) is 16.6 Å². The summed E-state index contributed by atoms with van der Waals surface area (Å²) in [5.41, 5.74) is 1.82. The minimum absolute atomic E-state index is 0.736. The Bertz CT molecular complexity index is 492. The van der Waals surface area contributed by atoms with Crippen LogP contribution in [-0.4, -0.2) is 4.99 Å². The average Bonchev–Trinajstić information content (AvgIpc) is 2.57. The maximum atomic E-state index is 5.29. The number of nitrogens with one attached hydrogen (secondary N) is 1. The fourth-order valence-electron chi connectivity index (χ4n) is 1.32. The van der Waals surface area contributed by atoms with Crippen molar-refractivity contribution in [1.82, 2.24) is 0 Å². The first kappa shape index (κ1) is 9.68. The summed E-state index contributed by atoms with van der Waals surface area (Å²) in [4.78, 5) is 0.736. The molecule has 1 heterocycles. The molecule has 72 valence electrons. The van der Waals surface area contributed by atoms with Crippen LogP contribution in [-0.2, 0) is 0 Å². The summed E-state index contributed by atoms with van der Waals surface area (Å²) >= 11 is 8.48. The number of hydrogen-bond acceptors (Lipinski definition) is 2. The van der Waals surface area contributed by atoms with E-state index in [1.807, 2.05) is 25.1 Å². The highest BCUT2D eigenvalue weighted by atomic mass is 79.9. The molecule has 2 rings (SSSR count). The Morgan fingerprint density at radius 2 is 2.21 bits per heavy atom. The summed E-state index contributed by atoms with van der Waals surface area (Å²) in [6.45, 7) is 1.85. The normalized spacial score (nSPS) is 10.4. The average molecular weight is 270 g/mol. The van der Waals surface area contributed by atoms with Crippen molar-refractivity contribution < 1.29 is 4.42 Å². The molecule has 0 bridgehead atoms. The SMILES string of the molecule is CC(=S)Nc1c(Br)ccc2occc12. The summed E-state index contributed by atoms with van der Waals surface area (Å²) < 4.78 is 6.27. The standard InChI is InChI=1S/C10H8BrNOS/c1-6(14)12-10-7-4-5-13-9(7)3-2-8(10)11/h2-5H,1H3,(H,12,14). The van der Waals surface area contributed by atoms with Gasteiger partial charge in [0, 0.05) is 9.86 Å². The van der Waals surface area contributed by atoms with Gasteiger partial charge in [-0.1, -0.05) is 12.2 Å². The number of halogens is 1. The van der Waals surface area contributed by atoms with Gasteiger partial charge < -0.3 is 9.73 Å². The van der Waals surface area contributed by atoms with E-state index in [9.17, 15) is 0 Å². The van der Waals surface area contributed by atoms with Crippen LogP contribution in [0, 0.1) is 0 Å². The van der Waals surface area contributed by atoms with Gasteiger partial charge in [0.15, 0.2) is 0 Å². The Morgan fingerprint density at radius 3 is 2.93 bits per heavy atom. The van der Waals surface area contributed by atoms with Crippen LogP contribution in [0.1, 0.15) is 6.92 Å². The van der Waals surface area contributed by atoms with Gasteiger partial charge in [-0.25, -0.2) is 0 Å². The molecule has 1 aromatic carbocycles. The summed E-state index contributed by atoms with van der Waals surface area (Å²) in [7, 11) is 0. The highest BCUT2D eigenvalue weighted by Crippen LogP contribution is 2.32. The van der Waals surface area contributed by atoms with Crippen molar-refractivity contribution >= 4 is 49.8 Å². The lowest BCUT2D eigenvalue weighted by atomic mass is 10.2. The molecule has 0 spiro atoms. The highest BCUT2D eigenvalue weighted by Gasteiger charge is 2.07. The van der Waals surface area contributed by atoms with E-state index in [2.05, 4.69) is 21.2 Å². The third kappa shape index (κ3) is 1.67. The Labute approximate surface area is 95.4 Å². The summed E-state index contributed by atoms with van der Waals surface area (Å²) in [5.74, 6) is 0. The lowest BCUT2D eigenvalue weighted by molar-refractivity contribution is 0.616. The molecule has 0 amide bonds. The smallest absolute Gasteiger partial charge is 0.136 e. The van der Waals surface area contributed by atoms with Crippen molar-refractivity contribution in [2.24, 2.45) is 0 Å². The van der Waals surface area contributed by atoms with Gasteiger partial charge in [-0.2, -0.15) is 0 Å². The second kappa shape index (κ2) is 3.71. The minimum atomic E-state index is 0.736. The van der Waals surface area contributed by atoms with Crippen molar-refractivity contribution in [2.45, 2.75) is 6.92 Å². The molecule has 0 aliphatic carbocycles. The van der Waals surface area contributed by atoms with E-state index in [1.165, 1.54) is 0 Å². The molecule has 1 aromatic heterocycles. The first-order valence-corrected chi connectivity index (χ1v) is 5.32. The van der Waals surface area contributed by atoms with Gasteiger partial charge in [-0.3, -0.25) is 0 Å². The predicted molar refractivity (Wildman–Crippen MR) is 65.8 cm³/mol. The lowest BCUT2D eigenvalue weighted by Crippen LogP contribution is -2.04.